The lowest BCUT2D eigenvalue weighted by Gasteiger charge is -2.12. The van der Waals surface area contributed by atoms with Crippen molar-refractivity contribution in [2.45, 2.75) is 20.0 Å². The van der Waals surface area contributed by atoms with Gasteiger partial charge in [0.05, 0.1) is 12.7 Å². The highest BCUT2D eigenvalue weighted by Gasteiger charge is 2.38. The Kier molecular flexibility index (Phi) is 3.46. The molecule has 1 aliphatic heterocycles. The van der Waals surface area contributed by atoms with Gasteiger partial charge >= 0.3 is 5.97 Å². The molecule has 5 heteroatoms. The molecular formula is C9H15NO4. The van der Waals surface area contributed by atoms with E-state index in [2.05, 4.69) is 0 Å². The number of aliphatic hydroxyl groups is 1. The number of carbonyl (C=O) groups excluding carboxylic acids is 2. The number of ether oxygens (including phenoxy) is 1. The van der Waals surface area contributed by atoms with Crippen LogP contribution in [0.5, 0.6) is 0 Å². The van der Waals surface area contributed by atoms with Crippen LogP contribution in [0.3, 0.4) is 0 Å². The van der Waals surface area contributed by atoms with Crippen molar-refractivity contribution in [3.8, 4) is 0 Å². The van der Waals surface area contributed by atoms with E-state index in [-0.39, 0.29) is 19.0 Å². The third-order valence-corrected chi connectivity index (χ3v) is 2.32. The third-order valence-electron chi connectivity index (χ3n) is 2.32. The van der Waals surface area contributed by atoms with Crippen LogP contribution in [0.25, 0.3) is 0 Å². The predicted molar refractivity (Wildman–Crippen MR) is 48.4 cm³/mol. The van der Waals surface area contributed by atoms with E-state index in [4.69, 9.17) is 4.74 Å². The average molecular weight is 201 g/mol. The zero-order chi connectivity index (χ0) is 10.7. The molecule has 0 spiro atoms. The van der Waals surface area contributed by atoms with Gasteiger partial charge in [-0.1, -0.05) is 0 Å². The van der Waals surface area contributed by atoms with Gasteiger partial charge in [0.15, 0.2) is 0 Å². The Bertz CT molecular complexity index is 241. The Hall–Kier alpha value is -1.10. The lowest BCUT2D eigenvalue weighted by atomic mass is 10.1. The number of hydrogen-bond acceptors (Lipinski definition) is 4. The minimum absolute atomic E-state index is 0.129. The number of likely N-dealkylation sites (tertiary alicyclic amines) is 1. The number of nitrogens with zero attached hydrogens (tertiary/aromatic N) is 1. The van der Waals surface area contributed by atoms with Crippen LogP contribution in [0.4, 0.5) is 0 Å². The van der Waals surface area contributed by atoms with E-state index in [1.807, 2.05) is 0 Å². The molecule has 1 amide bonds. The summed E-state index contributed by atoms with van der Waals surface area (Å²) in [5, 5.41) is 9.51. The molecule has 0 bridgehead atoms. The van der Waals surface area contributed by atoms with Crippen molar-refractivity contribution in [1.82, 2.24) is 4.90 Å². The number of amides is 1. The molecule has 0 radical (unpaired) electrons. The summed E-state index contributed by atoms with van der Waals surface area (Å²) >= 11 is 0. The SMILES string of the molecule is CCOC(=O)[C@@H]1CN(C(C)=O)C[C@@H]1O. The van der Waals surface area contributed by atoms with Crippen LogP contribution in [0, 0.1) is 5.92 Å². The zero-order valence-electron chi connectivity index (χ0n) is 8.40. The highest BCUT2D eigenvalue weighted by Crippen LogP contribution is 2.18. The highest BCUT2D eigenvalue weighted by molar-refractivity contribution is 5.78. The van der Waals surface area contributed by atoms with Crippen molar-refractivity contribution < 1.29 is 19.4 Å². The van der Waals surface area contributed by atoms with Gasteiger partial charge in [0, 0.05) is 20.0 Å². The van der Waals surface area contributed by atoms with Crippen LogP contribution in [0.2, 0.25) is 0 Å². The van der Waals surface area contributed by atoms with E-state index >= 15 is 0 Å². The molecule has 1 N–H and O–H groups in total. The normalized spacial score (nSPS) is 26.4. The minimum Gasteiger partial charge on any atom is -0.466 e. The molecule has 0 aliphatic carbocycles. The third kappa shape index (κ3) is 2.23. The summed E-state index contributed by atoms with van der Waals surface area (Å²) in [6, 6.07) is 0. The summed E-state index contributed by atoms with van der Waals surface area (Å²) in [7, 11) is 0. The average Bonchev–Trinajstić information content (AvgIpc) is 2.48. The molecular weight excluding hydrogens is 186 g/mol. The summed E-state index contributed by atoms with van der Waals surface area (Å²) in [6.07, 6.45) is -0.794. The maximum atomic E-state index is 11.3. The minimum atomic E-state index is -0.794. The molecule has 0 aromatic carbocycles. The molecule has 0 saturated carbocycles. The Balaban J connectivity index is 2.56. The zero-order valence-corrected chi connectivity index (χ0v) is 8.40. The maximum absolute atomic E-state index is 11.3. The largest absolute Gasteiger partial charge is 0.466 e. The second-order valence-corrected chi connectivity index (χ2v) is 3.35. The number of aliphatic hydroxyl groups excluding tert-OH is 1. The van der Waals surface area contributed by atoms with Crippen molar-refractivity contribution in [2.75, 3.05) is 19.7 Å². The molecule has 0 aromatic rings. The smallest absolute Gasteiger partial charge is 0.313 e. The van der Waals surface area contributed by atoms with Crippen molar-refractivity contribution in [2.24, 2.45) is 5.92 Å². The predicted octanol–water partition coefficient (Wildman–Crippen LogP) is -0.611. The number of rotatable bonds is 2. The van der Waals surface area contributed by atoms with Gasteiger partial charge in [0.1, 0.15) is 5.92 Å². The van der Waals surface area contributed by atoms with Crippen molar-refractivity contribution in [1.29, 1.82) is 0 Å². The molecule has 2 atom stereocenters. The van der Waals surface area contributed by atoms with Gasteiger partial charge in [0.25, 0.3) is 0 Å². The van der Waals surface area contributed by atoms with Gasteiger partial charge in [-0.15, -0.1) is 0 Å². The quantitative estimate of drug-likeness (QED) is 0.605. The van der Waals surface area contributed by atoms with E-state index in [0.717, 1.165) is 0 Å². The van der Waals surface area contributed by atoms with E-state index in [1.54, 1.807) is 6.92 Å². The van der Waals surface area contributed by atoms with Crippen LogP contribution in [0.15, 0.2) is 0 Å². The Morgan fingerprint density at radius 3 is 2.57 bits per heavy atom. The maximum Gasteiger partial charge on any atom is 0.313 e. The molecule has 14 heavy (non-hydrogen) atoms. The first-order valence-electron chi connectivity index (χ1n) is 4.66. The lowest BCUT2D eigenvalue weighted by molar-refractivity contribution is -0.150. The molecule has 0 aromatic heterocycles. The topological polar surface area (TPSA) is 66.8 Å². The lowest BCUT2D eigenvalue weighted by Crippen LogP contribution is -2.28. The number of β-amino-alcohol motifs (C(OH)–C–C–N with tert-alkyl or cyclic N) is 1. The molecule has 1 rings (SSSR count). The fourth-order valence-electron chi connectivity index (χ4n) is 1.52. The summed E-state index contributed by atoms with van der Waals surface area (Å²) < 4.78 is 4.79. The van der Waals surface area contributed by atoms with Gasteiger partial charge in [-0.25, -0.2) is 0 Å². The second-order valence-electron chi connectivity index (χ2n) is 3.35. The number of hydrogen-bond donors (Lipinski definition) is 1. The number of carbonyl (C=O) groups is 2. The van der Waals surface area contributed by atoms with Crippen molar-refractivity contribution in [3.05, 3.63) is 0 Å². The van der Waals surface area contributed by atoms with Crippen LogP contribution in [0.1, 0.15) is 13.8 Å². The van der Waals surface area contributed by atoms with Gasteiger partial charge in [-0.3, -0.25) is 9.59 Å². The summed E-state index contributed by atoms with van der Waals surface area (Å²) in [6.45, 7) is 3.90. The molecule has 5 nitrogen and oxygen atoms in total. The fourth-order valence-corrected chi connectivity index (χ4v) is 1.52. The van der Waals surface area contributed by atoms with Gasteiger partial charge in [-0.05, 0) is 6.92 Å². The monoisotopic (exact) mass is 201 g/mol. The van der Waals surface area contributed by atoms with E-state index < -0.39 is 18.0 Å². The summed E-state index contributed by atoms with van der Waals surface area (Å²) in [4.78, 5) is 23.7. The summed E-state index contributed by atoms with van der Waals surface area (Å²) in [5.74, 6) is -1.14. The van der Waals surface area contributed by atoms with Crippen LogP contribution in [-0.2, 0) is 14.3 Å². The van der Waals surface area contributed by atoms with Crippen LogP contribution >= 0.6 is 0 Å². The standard InChI is InChI=1S/C9H15NO4/c1-3-14-9(13)7-4-10(6(2)11)5-8(7)12/h7-8,12H,3-5H2,1-2H3/t7-,8+/m1/s1. The molecule has 1 saturated heterocycles. The van der Waals surface area contributed by atoms with Gasteiger partial charge < -0.3 is 14.7 Å². The molecule has 0 unspecified atom stereocenters. The second kappa shape index (κ2) is 4.41. The Morgan fingerprint density at radius 1 is 1.50 bits per heavy atom. The van der Waals surface area contributed by atoms with Crippen molar-refractivity contribution >= 4 is 11.9 Å². The molecule has 1 aliphatic rings. The summed E-state index contributed by atoms with van der Waals surface area (Å²) in [5.41, 5.74) is 0. The van der Waals surface area contributed by atoms with Crippen molar-refractivity contribution in [3.63, 3.8) is 0 Å². The van der Waals surface area contributed by atoms with Gasteiger partial charge in [0.2, 0.25) is 5.91 Å². The first-order chi connectivity index (χ1) is 6.56. The first-order valence-corrected chi connectivity index (χ1v) is 4.66. The Labute approximate surface area is 82.6 Å². The molecule has 80 valence electrons. The first kappa shape index (κ1) is 11.0. The van der Waals surface area contributed by atoms with Gasteiger partial charge in [-0.2, -0.15) is 0 Å². The fraction of sp³-hybridized carbons (Fsp3) is 0.778. The molecule has 1 heterocycles. The Morgan fingerprint density at radius 2 is 2.14 bits per heavy atom. The molecule has 1 fully saturated rings. The van der Waals surface area contributed by atoms with E-state index in [1.165, 1.54) is 11.8 Å². The van der Waals surface area contributed by atoms with E-state index in [9.17, 15) is 14.7 Å². The van der Waals surface area contributed by atoms with Crippen LogP contribution < -0.4 is 0 Å². The van der Waals surface area contributed by atoms with Crippen LogP contribution in [-0.4, -0.2) is 47.7 Å². The van der Waals surface area contributed by atoms with E-state index in [0.29, 0.717) is 6.61 Å². The highest BCUT2D eigenvalue weighted by atomic mass is 16.5. The number of esters is 1.